The Hall–Kier alpha value is -0.580. The molecule has 1 rings (SSSR count). The van der Waals surface area contributed by atoms with E-state index < -0.39 is 11.1 Å². The fourth-order valence-corrected chi connectivity index (χ4v) is 1.46. The van der Waals surface area contributed by atoms with Crippen LogP contribution in [-0.2, 0) is 11.1 Å². The average molecular weight is 192 g/mol. The van der Waals surface area contributed by atoms with Crippen LogP contribution in [-0.4, -0.2) is 8.76 Å². The summed E-state index contributed by atoms with van der Waals surface area (Å²) in [4.78, 5) is 0.181. The zero-order valence-corrected chi connectivity index (χ0v) is 7.02. The second-order valence-electron chi connectivity index (χ2n) is 1.94. The van der Waals surface area contributed by atoms with E-state index in [0.717, 1.165) is 0 Å². The molecule has 0 aliphatic carbocycles. The van der Waals surface area contributed by atoms with Gasteiger partial charge in [-0.1, -0.05) is 11.6 Å². The SMILES string of the molecule is Nc1ccc(S(=O)O)c(Cl)c1. The lowest BCUT2D eigenvalue weighted by molar-refractivity contribution is 0.564. The van der Waals surface area contributed by atoms with E-state index in [1.54, 1.807) is 0 Å². The Morgan fingerprint density at radius 1 is 1.55 bits per heavy atom. The van der Waals surface area contributed by atoms with Crippen molar-refractivity contribution in [3.05, 3.63) is 23.2 Å². The molecule has 60 valence electrons. The largest absolute Gasteiger partial charge is 0.399 e. The van der Waals surface area contributed by atoms with Gasteiger partial charge in [-0.3, -0.25) is 0 Å². The molecule has 1 aromatic rings. The van der Waals surface area contributed by atoms with E-state index in [1.807, 2.05) is 0 Å². The number of benzene rings is 1. The maximum absolute atomic E-state index is 10.5. The molecule has 0 fully saturated rings. The average Bonchev–Trinajstić information content (AvgIpc) is 1.85. The van der Waals surface area contributed by atoms with Crippen LogP contribution >= 0.6 is 11.6 Å². The van der Waals surface area contributed by atoms with Gasteiger partial charge < -0.3 is 10.3 Å². The number of anilines is 1. The van der Waals surface area contributed by atoms with E-state index in [2.05, 4.69) is 0 Å². The predicted octanol–water partition coefficient (Wildman–Crippen LogP) is 1.50. The lowest BCUT2D eigenvalue weighted by Gasteiger charge is -1.98. The Morgan fingerprint density at radius 3 is 2.64 bits per heavy atom. The molecule has 11 heavy (non-hydrogen) atoms. The van der Waals surface area contributed by atoms with Gasteiger partial charge in [0.1, 0.15) is 0 Å². The van der Waals surface area contributed by atoms with Gasteiger partial charge in [0, 0.05) is 5.69 Å². The van der Waals surface area contributed by atoms with Crippen LogP contribution in [0, 0.1) is 0 Å². The summed E-state index contributed by atoms with van der Waals surface area (Å²) in [5.74, 6) is 0. The summed E-state index contributed by atoms with van der Waals surface area (Å²) >= 11 is 3.56. The van der Waals surface area contributed by atoms with Gasteiger partial charge in [-0.25, -0.2) is 4.21 Å². The van der Waals surface area contributed by atoms with Crippen LogP contribution in [0.5, 0.6) is 0 Å². The van der Waals surface area contributed by atoms with E-state index >= 15 is 0 Å². The van der Waals surface area contributed by atoms with Gasteiger partial charge in [-0.2, -0.15) is 0 Å². The molecule has 0 amide bonds. The summed E-state index contributed by atoms with van der Waals surface area (Å²) < 4.78 is 19.2. The summed E-state index contributed by atoms with van der Waals surface area (Å²) in [6.45, 7) is 0. The molecule has 0 aliphatic heterocycles. The molecule has 0 aromatic heterocycles. The van der Waals surface area contributed by atoms with Crippen LogP contribution in [0.4, 0.5) is 5.69 Å². The lowest BCUT2D eigenvalue weighted by Crippen LogP contribution is -1.91. The molecular weight excluding hydrogens is 186 g/mol. The summed E-state index contributed by atoms with van der Waals surface area (Å²) in [6.07, 6.45) is 0. The van der Waals surface area contributed by atoms with Crippen molar-refractivity contribution in [2.24, 2.45) is 0 Å². The Labute approximate surface area is 71.5 Å². The Bertz CT molecular complexity index is 303. The number of rotatable bonds is 1. The first-order valence-corrected chi connectivity index (χ1v) is 4.25. The van der Waals surface area contributed by atoms with Gasteiger partial charge in [0.25, 0.3) is 0 Å². The zero-order chi connectivity index (χ0) is 8.43. The fraction of sp³-hybridized carbons (Fsp3) is 0. The molecule has 0 radical (unpaired) electrons. The van der Waals surface area contributed by atoms with Gasteiger partial charge in [-0.05, 0) is 18.2 Å². The predicted molar refractivity (Wildman–Crippen MR) is 44.9 cm³/mol. The van der Waals surface area contributed by atoms with Crippen molar-refractivity contribution in [1.82, 2.24) is 0 Å². The molecule has 0 aliphatic rings. The van der Waals surface area contributed by atoms with E-state index in [1.165, 1.54) is 18.2 Å². The van der Waals surface area contributed by atoms with Crippen molar-refractivity contribution in [3.8, 4) is 0 Å². The topological polar surface area (TPSA) is 63.3 Å². The second-order valence-corrected chi connectivity index (χ2v) is 3.28. The molecule has 1 atom stereocenters. The number of nitrogen functional groups attached to an aromatic ring is 1. The van der Waals surface area contributed by atoms with Crippen molar-refractivity contribution >= 4 is 28.4 Å². The maximum Gasteiger partial charge on any atom is 0.188 e. The van der Waals surface area contributed by atoms with Gasteiger partial charge in [0.2, 0.25) is 0 Å². The third-order valence-electron chi connectivity index (χ3n) is 1.14. The normalized spacial score (nSPS) is 12.9. The van der Waals surface area contributed by atoms with Crippen molar-refractivity contribution in [1.29, 1.82) is 0 Å². The van der Waals surface area contributed by atoms with Gasteiger partial charge in [0.15, 0.2) is 11.1 Å². The molecule has 0 spiro atoms. The van der Waals surface area contributed by atoms with Crippen molar-refractivity contribution in [2.45, 2.75) is 4.90 Å². The third kappa shape index (κ3) is 1.92. The van der Waals surface area contributed by atoms with Crippen molar-refractivity contribution in [3.63, 3.8) is 0 Å². The molecular formula is C6H6ClNO2S. The van der Waals surface area contributed by atoms with Gasteiger partial charge >= 0.3 is 0 Å². The molecule has 0 heterocycles. The standard InChI is InChI=1S/C6H6ClNO2S/c7-5-3-4(8)1-2-6(5)11(9)10/h1-3H,8H2,(H,9,10). The quantitative estimate of drug-likeness (QED) is 0.523. The first-order valence-electron chi connectivity index (χ1n) is 2.77. The van der Waals surface area contributed by atoms with Gasteiger partial charge in [-0.15, -0.1) is 0 Å². The molecule has 0 saturated heterocycles. The second kappa shape index (κ2) is 3.21. The molecule has 0 saturated carbocycles. The number of hydrogen-bond donors (Lipinski definition) is 2. The fourth-order valence-electron chi connectivity index (χ4n) is 0.659. The minimum atomic E-state index is -2.04. The van der Waals surface area contributed by atoms with Crippen molar-refractivity contribution < 1.29 is 8.76 Å². The molecule has 1 unspecified atom stereocenters. The number of nitrogens with two attached hydrogens (primary N) is 1. The number of hydrogen-bond acceptors (Lipinski definition) is 2. The van der Waals surface area contributed by atoms with Crippen LogP contribution in [0.1, 0.15) is 0 Å². The van der Waals surface area contributed by atoms with Crippen LogP contribution in [0.25, 0.3) is 0 Å². The Kier molecular flexibility index (Phi) is 2.49. The highest BCUT2D eigenvalue weighted by molar-refractivity contribution is 7.79. The van der Waals surface area contributed by atoms with Gasteiger partial charge in [0.05, 0.1) is 9.92 Å². The zero-order valence-electron chi connectivity index (χ0n) is 5.45. The van der Waals surface area contributed by atoms with E-state index in [9.17, 15) is 4.21 Å². The van der Waals surface area contributed by atoms with Crippen LogP contribution in [0.15, 0.2) is 23.1 Å². The molecule has 5 heteroatoms. The highest BCUT2D eigenvalue weighted by atomic mass is 35.5. The highest BCUT2D eigenvalue weighted by Crippen LogP contribution is 2.21. The first-order chi connectivity index (χ1) is 5.11. The van der Waals surface area contributed by atoms with E-state index in [4.69, 9.17) is 21.9 Å². The summed E-state index contributed by atoms with van der Waals surface area (Å²) in [7, 11) is 0. The molecule has 0 bridgehead atoms. The van der Waals surface area contributed by atoms with Crippen LogP contribution in [0.3, 0.4) is 0 Å². The summed E-state index contributed by atoms with van der Waals surface area (Å²) in [5, 5.41) is 0.214. The monoisotopic (exact) mass is 191 g/mol. The van der Waals surface area contributed by atoms with E-state index in [0.29, 0.717) is 5.69 Å². The molecule has 3 N–H and O–H groups in total. The minimum Gasteiger partial charge on any atom is -0.399 e. The summed E-state index contributed by atoms with van der Waals surface area (Å²) in [5.41, 5.74) is 5.84. The smallest absolute Gasteiger partial charge is 0.188 e. The first kappa shape index (κ1) is 8.52. The molecule has 3 nitrogen and oxygen atoms in total. The van der Waals surface area contributed by atoms with Crippen LogP contribution in [0.2, 0.25) is 5.02 Å². The van der Waals surface area contributed by atoms with E-state index in [-0.39, 0.29) is 9.92 Å². The lowest BCUT2D eigenvalue weighted by atomic mass is 10.3. The minimum absolute atomic E-state index is 0.181. The molecule has 1 aromatic carbocycles. The third-order valence-corrected chi connectivity index (χ3v) is 2.30. The number of halogens is 1. The summed E-state index contributed by atoms with van der Waals surface area (Å²) in [6, 6.07) is 4.38. The highest BCUT2D eigenvalue weighted by Gasteiger charge is 2.04. The van der Waals surface area contributed by atoms with Crippen LogP contribution < -0.4 is 5.73 Å². The maximum atomic E-state index is 10.5. The Morgan fingerprint density at radius 2 is 2.18 bits per heavy atom. The Balaban J connectivity index is 3.20. The van der Waals surface area contributed by atoms with Crippen molar-refractivity contribution in [2.75, 3.05) is 5.73 Å².